The Morgan fingerprint density at radius 2 is 2.07 bits per heavy atom. The molecule has 0 aliphatic carbocycles. The molecule has 0 radical (unpaired) electrons. The number of hydrogen-bond acceptors (Lipinski definition) is 4. The third-order valence-electron chi connectivity index (χ3n) is 2.16. The lowest BCUT2D eigenvalue weighted by Gasteiger charge is -1.94. The minimum Gasteiger partial charge on any atom is -0.314 e. The van der Waals surface area contributed by atoms with Crippen molar-refractivity contribution in [3.8, 4) is 10.6 Å². The minimum absolute atomic E-state index is 0.827. The number of pyridine rings is 1. The smallest absolute Gasteiger partial charge is 0.124 e. The molecule has 0 saturated carbocycles. The molecule has 0 unspecified atom stereocenters. The van der Waals surface area contributed by atoms with Crippen LogP contribution in [0.4, 0.5) is 0 Å². The van der Waals surface area contributed by atoms with E-state index in [1.807, 2.05) is 19.2 Å². The topological polar surface area (TPSA) is 37.8 Å². The van der Waals surface area contributed by atoms with Crippen molar-refractivity contribution in [2.75, 3.05) is 7.05 Å². The fraction of sp³-hybridized carbons (Fsp3) is 0.273. The molecule has 3 nitrogen and oxygen atoms in total. The van der Waals surface area contributed by atoms with E-state index >= 15 is 0 Å². The van der Waals surface area contributed by atoms with Gasteiger partial charge in [0.15, 0.2) is 0 Å². The molecule has 0 aromatic carbocycles. The number of aromatic nitrogens is 2. The van der Waals surface area contributed by atoms with Crippen molar-refractivity contribution in [2.24, 2.45) is 0 Å². The van der Waals surface area contributed by atoms with Crippen LogP contribution in [-0.2, 0) is 6.54 Å². The van der Waals surface area contributed by atoms with Crippen LogP contribution in [0, 0.1) is 6.92 Å². The van der Waals surface area contributed by atoms with Crippen LogP contribution in [0.2, 0.25) is 0 Å². The fourth-order valence-electron chi connectivity index (χ4n) is 1.38. The maximum Gasteiger partial charge on any atom is 0.124 e. The second-order valence-corrected chi connectivity index (χ2v) is 4.49. The first-order chi connectivity index (χ1) is 7.31. The molecule has 2 aromatic heterocycles. The molecule has 78 valence electrons. The Kier molecular flexibility index (Phi) is 3.08. The average Bonchev–Trinajstić information content (AvgIpc) is 2.63. The number of rotatable bonds is 3. The van der Waals surface area contributed by atoms with Crippen molar-refractivity contribution < 1.29 is 0 Å². The highest BCUT2D eigenvalue weighted by atomic mass is 32.1. The van der Waals surface area contributed by atoms with Gasteiger partial charge in [0.1, 0.15) is 5.01 Å². The van der Waals surface area contributed by atoms with Gasteiger partial charge >= 0.3 is 0 Å². The molecule has 2 aromatic rings. The SMILES string of the molecule is CNCc1nc(-c2ccncc2)sc1C. The van der Waals surface area contributed by atoms with Gasteiger partial charge in [-0.1, -0.05) is 0 Å². The van der Waals surface area contributed by atoms with Crippen LogP contribution >= 0.6 is 11.3 Å². The third-order valence-corrected chi connectivity index (χ3v) is 3.23. The molecular weight excluding hydrogens is 206 g/mol. The standard InChI is InChI=1S/C11H13N3S/c1-8-10(7-12-2)14-11(15-8)9-3-5-13-6-4-9/h3-6,12H,7H2,1-2H3. The van der Waals surface area contributed by atoms with Crippen molar-refractivity contribution in [2.45, 2.75) is 13.5 Å². The summed E-state index contributed by atoms with van der Waals surface area (Å²) in [7, 11) is 1.94. The number of hydrogen-bond donors (Lipinski definition) is 1. The quantitative estimate of drug-likeness (QED) is 0.860. The Morgan fingerprint density at radius 3 is 2.73 bits per heavy atom. The Hall–Kier alpha value is -1.26. The van der Waals surface area contributed by atoms with Crippen LogP contribution in [-0.4, -0.2) is 17.0 Å². The second-order valence-electron chi connectivity index (χ2n) is 3.29. The van der Waals surface area contributed by atoms with Gasteiger partial charge in [-0.05, 0) is 26.1 Å². The zero-order valence-electron chi connectivity index (χ0n) is 8.82. The summed E-state index contributed by atoms with van der Waals surface area (Å²) in [4.78, 5) is 9.87. The lowest BCUT2D eigenvalue weighted by atomic mass is 10.3. The summed E-state index contributed by atoms with van der Waals surface area (Å²) in [6.45, 7) is 2.93. The number of nitrogens with zero attached hydrogens (tertiary/aromatic N) is 2. The Morgan fingerprint density at radius 1 is 1.33 bits per heavy atom. The van der Waals surface area contributed by atoms with E-state index in [9.17, 15) is 0 Å². The van der Waals surface area contributed by atoms with Crippen LogP contribution in [0.1, 0.15) is 10.6 Å². The summed E-state index contributed by atoms with van der Waals surface area (Å²) < 4.78 is 0. The fourth-order valence-corrected chi connectivity index (χ4v) is 2.31. The predicted molar refractivity (Wildman–Crippen MR) is 62.8 cm³/mol. The molecule has 0 atom stereocenters. The minimum atomic E-state index is 0.827. The Labute approximate surface area is 93.2 Å². The molecule has 4 heteroatoms. The molecule has 0 amide bonds. The van der Waals surface area contributed by atoms with E-state index in [4.69, 9.17) is 0 Å². The van der Waals surface area contributed by atoms with Gasteiger partial charge in [0.2, 0.25) is 0 Å². The molecule has 0 aliphatic rings. The first-order valence-electron chi connectivity index (χ1n) is 4.82. The highest BCUT2D eigenvalue weighted by Crippen LogP contribution is 2.26. The molecule has 0 saturated heterocycles. The zero-order valence-corrected chi connectivity index (χ0v) is 9.64. The molecule has 0 fully saturated rings. The van der Waals surface area contributed by atoms with Crippen molar-refractivity contribution in [3.63, 3.8) is 0 Å². The zero-order chi connectivity index (χ0) is 10.7. The Bertz CT molecular complexity index is 436. The van der Waals surface area contributed by atoms with Crippen LogP contribution in [0.3, 0.4) is 0 Å². The van der Waals surface area contributed by atoms with E-state index in [-0.39, 0.29) is 0 Å². The van der Waals surface area contributed by atoms with E-state index < -0.39 is 0 Å². The first-order valence-corrected chi connectivity index (χ1v) is 5.64. The maximum absolute atomic E-state index is 4.60. The summed E-state index contributed by atoms with van der Waals surface area (Å²) in [6.07, 6.45) is 3.59. The largest absolute Gasteiger partial charge is 0.314 e. The molecule has 0 spiro atoms. The monoisotopic (exact) mass is 219 g/mol. The molecule has 2 heterocycles. The van der Waals surface area contributed by atoms with Gasteiger partial charge in [-0.25, -0.2) is 4.98 Å². The van der Waals surface area contributed by atoms with E-state index in [1.165, 1.54) is 4.88 Å². The maximum atomic E-state index is 4.60. The summed E-state index contributed by atoms with van der Waals surface area (Å²) >= 11 is 1.73. The normalized spacial score (nSPS) is 10.5. The van der Waals surface area contributed by atoms with Crippen LogP contribution < -0.4 is 5.32 Å². The van der Waals surface area contributed by atoms with Crippen molar-refractivity contribution >= 4 is 11.3 Å². The second kappa shape index (κ2) is 4.51. The van der Waals surface area contributed by atoms with Crippen molar-refractivity contribution in [3.05, 3.63) is 35.1 Å². The first kappa shape index (κ1) is 10.3. The number of thiazole rings is 1. The van der Waals surface area contributed by atoms with Gasteiger partial charge in [0, 0.05) is 29.4 Å². The van der Waals surface area contributed by atoms with E-state index in [0.29, 0.717) is 0 Å². The third kappa shape index (κ3) is 2.22. The lowest BCUT2D eigenvalue weighted by Crippen LogP contribution is -2.06. The van der Waals surface area contributed by atoms with Crippen LogP contribution in [0.5, 0.6) is 0 Å². The molecule has 0 bridgehead atoms. The van der Waals surface area contributed by atoms with Gasteiger partial charge in [0.05, 0.1) is 5.69 Å². The van der Waals surface area contributed by atoms with Gasteiger partial charge in [-0.2, -0.15) is 0 Å². The molecule has 2 rings (SSSR count). The van der Waals surface area contributed by atoms with Crippen molar-refractivity contribution in [1.29, 1.82) is 0 Å². The molecule has 1 N–H and O–H groups in total. The molecular formula is C11H13N3S. The van der Waals surface area contributed by atoms with Gasteiger partial charge in [-0.3, -0.25) is 4.98 Å². The summed E-state index contributed by atoms with van der Waals surface area (Å²) in [5.41, 5.74) is 2.27. The van der Waals surface area contributed by atoms with Crippen molar-refractivity contribution in [1.82, 2.24) is 15.3 Å². The van der Waals surface area contributed by atoms with Gasteiger partial charge in [-0.15, -0.1) is 11.3 Å². The van der Waals surface area contributed by atoms with E-state index in [1.54, 1.807) is 23.7 Å². The van der Waals surface area contributed by atoms with Crippen LogP contribution in [0.25, 0.3) is 10.6 Å². The molecule has 0 aliphatic heterocycles. The highest BCUT2D eigenvalue weighted by Gasteiger charge is 2.07. The molecule has 15 heavy (non-hydrogen) atoms. The summed E-state index contributed by atoms with van der Waals surface area (Å²) in [5, 5.41) is 4.19. The highest BCUT2D eigenvalue weighted by molar-refractivity contribution is 7.15. The van der Waals surface area contributed by atoms with Gasteiger partial charge < -0.3 is 5.32 Å². The predicted octanol–water partition coefficient (Wildman–Crippen LogP) is 2.23. The van der Waals surface area contributed by atoms with E-state index in [2.05, 4.69) is 22.2 Å². The number of aryl methyl sites for hydroxylation is 1. The lowest BCUT2D eigenvalue weighted by molar-refractivity contribution is 0.793. The van der Waals surface area contributed by atoms with Gasteiger partial charge in [0.25, 0.3) is 0 Å². The number of nitrogens with one attached hydrogen (secondary N) is 1. The Balaban J connectivity index is 2.34. The average molecular weight is 219 g/mol. The summed E-state index contributed by atoms with van der Waals surface area (Å²) in [6, 6.07) is 3.98. The van der Waals surface area contributed by atoms with Crippen LogP contribution in [0.15, 0.2) is 24.5 Å². The van der Waals surface area contributed by atoms with E-state index in [0.717, 1.165) is 22.8 Å². The summed E-state index contributed by atoms with van der Waals surface area (Å²) in [5.74, 6) is 0.